The first kappa shape index (κ1) is 24.3. The second kappa shape index (κ2) is 9.05. The lowest BCUT2D eigenvalue weighted by Gasteiger charge is -2.37. The quantitative estimate of drug-likeness (QED) is 0.124. The number of likely N-dealkylation sites (tertiary alicyclic amines) is 1. The number of halogens is 1. The lowest BCUT2D eigenvalue weighted by molar-refractivity contribution is -0.385. The summed E-state index contributed by atoms with van der Waals surface area (Å²) >= 11 is 6.04. The average Bonchev–Trinajstić information content (AvgIpc) is 3.69. The zero-order chi connectivity index (χ0) is 26.7. The van der Waals surface area contributed by atoms with Gasteiger partial charge in [-0.15, -0.1) is 0 Å². The smallest absolute Gasteiger partial charge is 0.326 e. The van der Waals surface area contributed by atoms with Gasteiger partial charge in [-0.1, -0.05) is 29.8 Å². The van der Waals surface area contributed by atoms with Gasteiger partial charge in [-0.3, -0.25) is 34.2 Å². The van der Waals surface area contributed by atoms with Gasteiger partial charge in [0.2, 0.25) is 17.6 Å². The van der Waals surface area contributed by atoms with Gasteiger partial charge in [-0.05, 0) is 60.4 Å². The number of imide groups is 1. The van der Waals surface area contributed by atoms with Crippen molar-refractivity contribution in [1.29, 1.82) is 0 Å². The topological polar surface area (TPSA) is 133 Å². The number of allylic oxidation sites excluding steroid dienone is 2. The number of amides is 2. The van der Waals surface area contributed by atoms with Crippen LogP contribution in [0.2, 0.25) is 5.02 Å². The standard InChI is InChI=1S/C27H21ClN2O8/c28-19-2-1-3-20(30(35)36)25(19)38-14-6-4-13(5-7-14)21(31)12-37-22(32)11-29-26(33)23-15-8-9-16(18-10-17(15)18)24(23)27(29)34/h1-9,15-18,23-24H,10-12H2/t15-,16+,17-,18+,23+,24-. The molecule has 4 aliphatic carbocycles. The van der Waals surface area contributed by atoms with E-state index in [4.69, 9.17) is 21.1 Å². The number of ketones is 1. The first-order valence-electron chi connectivity index (χ1n) is 12.2. The van der Waals surface area contributed by atoms with Crippen molar-refractivity contribution in [2.45, 2.75) is 6.42 Å². The van der Waals surface area contributed by atoms with E-state index in [-0.39, 0.29) is 51.4 Å². The van der Waals surface area contributed by atoms with E-state index in [0.717, 1.165) is 11.3 Å². The van der Waals surface area contributed by atoms with Crippen LogP contribution in [0.4, 0.5) is 5.69 Å². The summed E-state index contributed by atoms with van der Waals surface area (Å²) in [6.07, 6.45) is 5.16. The summed E-state index contributed by atoms with van der Waals surface area (Å²) in [6.45, 7) is -1.09. The third-order valence-electron chi connectivity index (χ3n) is 7.94. The highest BCUT2D eigenvalue weighted by atomic mass is 35.5. The number of ether oxygens (including phenoxy) is 2. The molecule has 2 saturated carbocycles. The van der Waals surface area contributed by atoms with Gasteiger partial charge in [0.1, 0.15) is 12.3 Å². The molecule has 6 atom stereocenters. The number of nitro groups is 1. The van der Waals surface area contributed by atoms with Gasteiger partial charge in [0.15, 0.2) is 12.4 Å². The minimum atomic E-state index is -0.838. The Morgan fingerprint density at radius 1 is 1.00 bits per heavy atom. The number of carbonyl (C=O) groups excluding carboxylic acids is 4. The third-order valence-corrected chi connectivity index (χ3v) is 8.24. The molecule has 194 valence electrons. The van der Waals surface area contributed by atoms with Gasteiger partial charge < -0.3 is 9.47 Å². The third kappa shape index (κ3) is 3.96. The molecule has 1 heterocycles. The average molecular weight is 537 g/mol. The Labute approximate surface area is 221 Å². The van der Waals surface area contributed by atoms with Crippen molar-refractivity contribution < 1.29 is 33.6 Å². The number of nitro benzene ring substituents is 1. The van der Waals surface area contributed by atoms with Crippen LogP contribution in [0.1, 0.15) is 16.8 Å². The molecule has 5 aliphatic rings. The van der Waals surface area contributed by atoms with Gasteiger partial charge in [0.05, 0.1) is 21.8 Å². The summed E-state index contributed by atoms with van der Waals surface area (Å²) in [5, 5.41) is 11.3. The number of hydrogen-bond donors (Lipinski definition) is 0. The van der Waals surface area contributed by atoms with Crippen LogP contribution in [0.3, 0.4) is 0 Å². The molecule has 1 saturated heterocycles. The number of Topliss-reactive ketones (excluding diaryl/α,β-unsaturated/α-hetero) is 1. The van der Waals surface area contributed by atoms with Crippen molar-refractivity contribution in [3.05, 3.63) is 75.3 Å². The van der Waals surface area contributed by atoms with Crippen LogP contribution in [0, 0.1) is 45.6 Å². The largest absolute Gasteiger partial charge is 0.456 e. The van der Waals surface area contributed by atoms with Crippen LogP contribution in [0.25, 0.3) is 0 Å². The molecule has 2 bridgehead atoms. The summed E-state index contributed by atoms with van der Waals surface area (Å²) in [5.74, 6) is -1.68. The fourth-order valence-corrected chi connectivity index (χ4v) is 6.36. The number of benzene rings is 2. The lowest BCUT2D eigenvalue weighted by atomic mass is 9.63. The maximum atomic E-state index is 13.0. The Morgan fingerprint density at radius 2 is 1.63 bits per heavy atom. The van der Waals surface area contributed by atoms with Crippen LogP contribution in [-0.4, -0.2) is 46.5 Å². The molecule has 0 radical (unpaired) electrons. The molecule has 7 rings (SSSR count). The zero-order valence-electron chi connectivity index (χ0n) is 19.8. The van der Waals surface area contributed by atoms with Crippen molar-refractivity contribution in [2.24, 2.45) is 35.5 Å². The molecule has 0 aromatic heterocycles. The molecule has 0 spiro atoms. The van der Waals surface area contributed by atoms with Crippen LogP contribution in [0.5, 0.6) is 11.5 Å². The van der Waals surface area contributed by atoms with Crippen molar-refractivity contribution in [3.8, 4) is 11.5 Å². The van der Waals surface area contributed by atoms with Crippen LogP contribution in [-0.2, 0) is 19.1 Å². The fourth-order valence-electron chi connectivity index (χ4n) is 6.15. The van der Waals surface area contributed by atoms with Crippen molar-refractivity contribution in [3.63, 3.8) is 0 Å². The van der Waals surface area contributed by atoms with Gasteiger partial charge in [-0.25, -0.2) is 0 Å². The van der Waals surface area contributed by atoms with Crippen molar-refractivity contribution in [1.82, 2.24) is 4.90 Å². The van der Waals surface area contributed by atoms with Gasteiger partial charge in [-0.2, -0.15) is 0 Å². The Hall–Kier alpha value is -4.05. The monoisotopic (exact) mass is 536 g/mol. The molecule has 2 aromatic carbocycles. The molecule has 2 aromatic rings. The molecule has 11 heteroatoms. The number of para-hydroxylation sites is 1. The molecule has 1 aliphatic heterocycles. The minimum Gasteiger partial charge on any atom is -0.456 e. The van der Waals surface area contributed by atoms with Crippen LogP contribution >= 0.6 is 11.6 Å². The van der Waals surface area contributed by atoms with E-state index in [0.29, 0.717) is 11.8 Å². The number of nitrogens with zero attached hydrogens (tertiary/aromatic N) is 2. The predicted molar refractivity (Wildman–Crippen MR) is 131 cm³/mol. The van der Waals surface area contributed by atoms with E-state index in [1.165, 1.54) is 42.5 Å². The maximum absolute atomic E-state index is 13.0. The Morgan fingerprint density at radius 3 is 2.24 bits per heavy atom. The summed E-state index contributed by atoms with van der Waals surface area (Å²) in [7, 11) is 0. The summed E-state index contributed by atoms with van der Waals surface area (Å²) < 4.78 is 10.6. The highest BCUT2D eigenvalue weighted by molar-refractivity contribution is 6.32. The number of esters is 1. The van der Waals surface area contributed by atoms with E-state index < -0.39 is 41.7 Å². The molecule has 0 unspecified atom stereocenters. The first-order valence-corrected chi connectivity index (χ1v) is 12.6. The summed E-state index contributed by atoms with van der Waals surface area (Å²) in [4.78, 5) is 62.5. The Balaban J connectivity index is 1.04. The SMILES string of the molecule is O=C(CN1C(=O)[C@@H]2[C@H]3C=C[C@H]([C@H]4C[C@@H]34)[C@@H]2C1=O)OCC(=O)c1ccc(Oc2c(Cl)cccc2[N+](=O)[O-])cc1. The van der Waals surface area contributed by atoms with Crippen LogP contribution in [0.15, 0.2) is 54.6 Å². The highest BCUT2D eigenvalue weighted by Crippen LogP contribution is 2.65. The molecule has 3 fully saturated rings. The number of hydrogen-bond acceptors (Lipinski definition) is 8. The molecule has 10 nitrogen and oxygen atoms in total. The second-order valence-electron chi connectivity index (χ2n) is 9.97. The Bertz CT molecular complexity index is 1380. The fraction of sp³-hybridized carbons (Fsp3) is 0.333. The van der Waals surface area contributed by atoms with Crippen molar-refractivity contribution >= 4 is 40.9 Å². The lowest BCUT2D eigenvalue weighted by Crippen LogP contribution is -2.40. The van der Waals surface area contributed by atoms with E-state index in [9.17, 15) is 29.3 Å². The maximum Gasteiger partial charge on any atom is 0.326 e. The van der Waals surface area contributed by atoms with E-state index in [1.54, 1.807) is 0 Å². The number of rotatable bonds is 8. The molecular formula is C27H21ClN2O8. The molecular weight excluding hydrogens is 516 g/mol. The summed E-state index contributed by atoms with van der Waals surface area (Å²) in [5.41, 5.74) is -0.0977. The first-order chi connectivity index (χ1) is 18.2. The van der Waals surface area contributed by atoms with Gasteiger partial charge in [0, 0.05) is 11.6 Å². The molecule has 38 heavy (non-hydrogen) atoms. The number of carbonyl (C=O) groups is 4. The second-order valence-corrected chi connectivity index (χ2v) is 10.4. The van der Waals surface area contributed by atoms with E-state index in [2.05, 4.69) is 12.2 Å². The minimum absolute atomic E-state index is 0.0567. The summed E-state index contributed by atoms with van der Waals surface area (Å²) in [6, 6.07) is 9.84. The molecule has 0 N–H and O–H groups in total. The predicted octanol–water partition coefficient (Wildman–Crippen LogP) is 3.82. The zero-order valence-corrected chi connectivity index (χ0v) is 20.6. The Kier molecular flexibility index (Phi) is 5.79. The van der Waals surface area contributed by atoms with E-state index >= 15 is 0 Å². The van der Waals surface area contributed by atoms with Crippen molar-refractivity contribution in [2.75, 3.05) is 13.2 Å². The highest BCUT2D eigenvalue weighted by Gasteiger charge is 2.67. The molecule has 2 amide bonds. The van der Waals surface area contributed by atoms with Gasteiger partial charge >= 0.3 is 11.7 Å². The van der Waals surface area contributed by atoms with Gasteiger partial charge in [0.25, 0.3) is 0 Å². The van der Waals surface area contributed by atoms with E-state index in [1.807, 2.05) is 0 Å². The normalized spacial score (nSPS) is 28.1. The van der Waals surface area contributed by atoms with Crippen LogP contribution < -0.4 is 4.74 Å².